The van der Waals surface area contributed by atoms with E-state index >= 15 is 0 Å². The van der Waals surface area contributed by atoms with Gasteiger partial charge in [-0.2, -0.15) is 0 Å². The van der Waals surface area contributed by atoms with Crippen molar-refractivity contribution in [1.29, 1.82) is 0 Å². The Labute approximate surface area is 127 Å². The summed E-state index contributed by atoms with van der Waals surface area (Å²) in [5.74, 6) is 1.61. The highest BCUT2D eigenvalue weighted by atomic mass is 19.1. The molecular weight excluding hydrogens is 263 g/mol. The highest BCUT2D eigenvalue weighted by molar-refractivity contribution is 5.54. The van der Waals surface area contributed by atoms with E-state index in [1.165, 1.54) is 37.8 Å². The molecule has 1 aliphatic carbocycles. The molecule has 1 saturated heterocycles. The number of piperidine rings is 1. The average Bonchev–Trinajstić information content (AvgIpc) is 2.46. The maximum atomic E-state index is 13.6. The summed E-state index contributed by atoms with van der Waals surface area (Å²) in [6.07, 6.45) is 7.61. The van der Waals surface area contributed by atoms with Gasteiger partial charge in [-0.1, -0.05) is 19.3 Å². The summed E-state index contributed by atoms with van der Waals surface area (Å²) in [5, 5.41) is 0. The van der Waals surface area contributed by atoms with E-state index in [2.05, 4.69) is 4.90 Å². The predicted molar refractivity (Wildman–Crippen MR) is 86.0 cm³/mol. The topological polar surface area (TPSA) is 29.3 Å². The molecule has 2 nitrogen and oxygen atoms in total. The molecule has 2 N–H and O–H groups in total. The van der Waals surface area contributed by atoms with Crippen molar-refractivity contribution in [2.75, 3.05) is 18.0 Å². The average molecular weight is 290 g/mol. The predicted octanol–water partition coefficient (Wildman–Crippen LogP) is 3.73. The first-order valence-electron chi connectivity index (χ1n) is 8.42. The fourth-order valence-electron chi connectivity index (χ4n) is 4.19. The first-order valence-corrected chi connectivity index (χ1v) is 8.42. The molecule has 1 aliphatic heterocycles. The van der Waals surface area contributed by atoms with Gasteiger partial charge >= 0.3 is 0 Å². The number of nitrogens with zero attached hydrogens (tertiary/aromatic N) is 1. The SMILES string of the molecule is CC(N)Cc1cc(F)ccc1N1CCC2CCCCC2C1. The van der Waals surface area contributed by atoms with Crippen LogP contribution in [0.1, 0.15) is 44.6 Å². The van der Waals surface area contributed by atoms with Gasteiger partial charge in [-0.15, -0.1) is 0 Å². The lowest BCUT2D eigenvalue weighted by molar-refractivity contribution is 0.202. The van der Waals surface area contributed by atoms with Gasteiger partial charge in [0, 0.05) is 24.8 Å². The number of rotatable bonds is 3. The van der Waals surface area contributed by atoms with Gasteiger partial charge in [-0.3, -0.25) is 0 Å². The fraction of sp³-hybridized carbons (Fsp3) is 0.667. The van der Waals surface area contributed by atoms with Gasteiger partial charge in [-0.05, 0) is 61.8 Å². The monoisotopic (exact) mass is 290 g/mol. The minimum absolute atomic E-state index is 0.0674. The van der Waals surface area contributed by atoms with Gasteiger partial charge in [-0.25, -0.2) is 4.39 Å². The molecule has 0 spiro atoms. The van der Waals surface area contributed by atoms with Crippen LogP contribution in [0.15, 0.2) is 18.2 Å². The second kappa shape index (κ2) is 6.35. The van der Waals surface area contributed by atoms with Crippen LogP contribution in [0.3, 0.4) is 0 Å². The molecular formula is C18H27FN2. The number of fused-ring (bicyclic) bond motifs is 1. The van der Waals surface area contributed by atoms with Crippen LogP contribution in [0.4, 0.5) is 10.1 Å². The minimum atomic E-state index is -0.151. The maximum absolute atomic E-state index is 13.6. The zero-order valence-electron chi connectivity index (χ0n) is 13.0. The molecule has 1 saturated carbocycles. The second-order valence-corrected chi connectivity index (χ2v) is 6.99. The van der Waals surface area contributed by atoms with Crippen LogP contribution >= 0.6 is 0 Å². The normalized spacial score (nSPS) is 27.3. The van der Waals surface area contributed by atoms with Gasteiger partial charge in [0.15, 0.2) is 0 Å². The summed E-state index contributed by atoms with van der Waals surface area (Å²) in [4.78, 5) is 2.48. The van der Waals surface area contributed by atoms with Crippen molar-refractivity contribution in [2.24, 2.45) is 17.6 Å². The van der Waals surface area contributed by atoms with E-state index < -0.39 is 0 Å². The van der Waals surface area contributed by atoms with Crippen LogP contribution in [0.2, 0.25) is 0 Å². The van der Waals surface area contributed by atoms with Gasteiger partial charge in [0.05, 0.1) is 0 Å². The Morgan fingerprint density at radius 2 is 2.00 bits per heavy atom. The Morgan fingerprint density at radius 1 is 1.24 bits per heavy atom. The molecule has 0 bridgehead atoms. The number of halogens is 1. The molecule has 3 atom stereocenters. The molecule has 2 fully saturated rings. The van der Waals surface area contributed by atoms with Crippen molar-refractivity contribution in [3.63, 3.8) is 0 Å². The van der Waals surface area contributed by atoms with Gasteiger partial charge in [0.1, 0.15) is 5.82 Å². The van der Waals surface area contributed by atoms with Gasteiger partial charge < -0.3 is 10.6 Å². The Kier molecular flexibility index (Phi) is 4.48. The number of hydrogen-bond donors (Lipinski definition) is 1. The fourth-order valence-corrected chi connectivity index (χ4v) is 4.19. The molecule has 1 aromatic carbocycles. The Hall–Kier alpha value is -1.09. The van der Waals surface area contributed by atoms with Crippen LogP contribution in [0, 0.1) is 17.7 Å². The Morgan fingerprint density at radius 3 is 2.76 bits per heavy atom. The lowest BCUT2D eigenvalue weighted by Crippen LogP contribution is -2.42. The number of nitrogens with two attached hydrogens (primary N) is 1. The van der Waals surface area contributed by atoms with Crippen molar-refractivity contribution >= 4 is 5.69 Å². The smallest absolute Gasteiger partial charge is 0.123 e. The Bertz CT molecular complexity index is 486. The first kappa shape index (κ1) is 14.8. The van der Waals surface area contributed by atoms with Crippen molar-refractivity contribution < 1.29 is 4.39 Å². The standard InChI is InChI=1S/C18H27FN2/c1-13(20)10-16-11-17(19)6-7-18(16)21-9-8-14-4-2-3-5-15(14)12-21/h6-7,11,13-15H,2-5,8-10,12,20H2,1H3. The lowest BCUT2D eigenvalue weighted by atomic mass is 9.75. The summed E-state index contributed by atoms with van der Waals surface area (Å²) in [7, 11) is 0. The molecule has 3 rings (SSSR count). The molecule has 0 radical (unpaired) electrons. The summed E-state index contributed by atoms with van der Waals surface area (Å²) >= 11 is 0. The van der Waals surface area contributed by atoms with Crippen LogP contribution in [0.5, 0.6) is 0 Å². The van der Waals surface area contributed by atoms with E-state index in [0.29, 0.717) is 0 Å². The zero-order valence-corrected chi connectivity index (χ0v) is 13.0. The second-order valence-electron chi connectivity index (χ2n) is 6.99. The quantitative estimate of drug-likeness (QED) is 0.919. The van der Waals surface area contributed by atoms with E-state index in [1.54, 1.807) is 12.1 Å². The van der Waals surface area contributed by atoms with E-state index in [4.69, 9.17) is 5.73 Å². The van der Waals surface area contributed by atoms with Crippen molar-refractivity contribution in [1.82, 2.24) is 0 Å². The highest BCUT2D eigenvalue weighted by Crippen LogP contribution is 2.38. The third kappa shape index (κ3) is 3.39. The summed E-state index contributed by atoms with van der Waals surface area (Å²) in [6, 6.07) is 5.28. The largest absolute Gasteiger partial charge is 0.371 e. The summed E-state index contributed by atoms with van der Waals surface area (Å²) < 4.78 is 13.6. The summed E-state index contributed by atoms with van der Waals surface area (Å²) in [6.45, 7) is 4.24. The molecule has 3 unspecified atom stereocenters. The van der Waals surface area contributed by atoms with Crippen molar-refractivity contribution in [3.05, 3.63) is 29.6 Å². The molecule has 1 heterocycles. The highest BCUT2D eigenvalue weighted by Gasteiger charge is 2.31. The summed E-state index contributed by atoms with van der Waals surface area (Å²) in [5.41, 5.74) is 8.21. The molecule has 3 heteroatoms. The van der Waals surface area contributed by atoms with Crippen LogP contribution in [-0.4, -0.2) is 19.1 Å². The van der Waals surface area contributed by atoms with Gasteiger partial charge in [0.25, 0.3) is 0 Å². The molecule has 116 valence electrons. The first-order chi connectivity index (χ1) is 10.1. The third-order valence-electron chi connectivity index (χ3n) is 5.22. The number of hydrogen-bond acceptors (Lipinski definition) is 2. The zero-order chi connectivity index (χ0) is 14.8. The molecule has 0 aromatic heterocycles. The van der Waals surface area contributed by atoms with Crippen LogP contribution in [0.25, 0.3) is 0 Å². The van der Waals surface area contributed by atoms with E-state index in [1.807, 2.05) is 13.0 Å². The maximum Gasteiger partial charge on any atom is 0.123 e. The van der Waals surface area contributed by atoms with Crippen LogP contribution < -0.4 is 10.6 Å². The van der Waals surface area contributed by atoms with E-state index in [9.17, 15) is 4.39 Å². The molecule has 2 aliphatic rings. The number of anilines is 1. The third-order valence-corrected chi connectivity index (χ3v) is 5.22. The van der Waals surface area contributed by atoms with E-state index in [0.717, 1.165) is 36.9 Å². The number of benzene rings is 1. The van der Waals surface area contributed by atoms with Gasteiger partial charge in [0.2, 0.25) is 0 Å². The van der Waals surface area contributed by atoms with Crippen LogP contribution in [-0.2, 0) is 6.42 Å². The lowest BCUT2D eigenvalue weighted by Gasteiger charge is -2.43. The van der Waals surface area contributed by atoms with E-state index in [-0.39, 0.29) is 11.9 Å². The molecule has 1 aromatic rings. The molecule has 21 heavy (non-hydrogen) atoms. The Balaban J connectivity index is 1.79. The van der Waals surface area contributed by atoms with Crippen molar-refractivity contribution in [2.45, 2.75) is 51.5 Å². The van der Waals surface area contributed by atoms with Crippen molar-refractivity contribution in [3.8, 4) is 0 Å². The minimum Gasteiger partial charge on any atom is -0.371 e. The molecule has 0 amide bonds.